The normalized spacial score (nSPS) is 11.0. The van der Waals surface area contributed by atoms with E-state index >= 15 is 0 Å². The van der Waals surface area contributed by atoms with Crippen LogP contribution in [0.5, 0.6) is 0 Å². The van der Waals surface area contributed by atoms with E-state index in [4.69, 9.17) is 4.98 Å². The highest BCUT2D eigenvalue weighted by Gasteiger charge is 2.13. The van der Waals surface area contributed by atoms with Crippen LogP contribution in [0.1, 0.15) is 35.1 Å². The van der Waals surface area contributed by atoms with Gasteiger partial charge in [0.25, 0.3) is 0 Å². The Balaban J connectivity index is 2.44. The molecule has 3 heteroatoms. The van der Waals surface area contributed by atoms with Crippen LogP contribution in [0.4, 0.5) is 0 Å². The van der Waals surface area contributed by atoms with Crippen LogP contribution in [0.15, 0.2) is 12.1 Å². The van der Waals surface area contributed by atoms with E-state index in [1.165, 1.54) is 22.3 Å². The standard InChI is InChI=1S/C16H23N3/c1-6-17-9-14-18-13(5)16(19-14)15-11(3)7-10(2)8-12(15)4/h7-8,17H,6,9H2,1-5H3,(H,18,19). The molecule has 0 saturated heterocycles. The number of hydrogen-bond donors (Lipinski definition) is 2. The van der Waals surface area contributed by atoms with E-state index in [9.17, 15) is 0 Å². The van der Waals surface area contributed by atoms with Gasteiger partial charge in [0.1, 0.15) is 5.82 Å². The Kier molecular flexibility index (Phi) is 4.05. The molecule has 0 bridgehead atoms. The van der Waals surface area contributed by atoms with E-state index in [0.29, 0.717) is 0 Å². The summed E-state index contributed by atoms with van der Waals surface area (Å²) >= 11 is 0. The number of H-pyrrole nitrogens is 1. The molecule has 3 nitrogen and oxygen atoms in total. The minimum Gasteiger partial charge on any atom is -0.344 e. The molecule has 1 heterocycles. The van der Waals surface area contributed by atoms with E-state index < -0.39 is 0 Å². The van der Waals surface area contributed by atoms with Gasteiger partial charge in [0.05, 0.1) is 12.2 Å². The Morgan fingerprint density at radius 3 is 2.32 bits per heavy atom. The zero-order valence-electron chi connectivity index (χ0n) is 12.5. The molecule has 102 valence electrons. The Hall–Kier alpha value is -1.61. The summed E-state index contributed by atoms with van der Waals surface area (Å²) in [5.74, 6) is 1.01. The Labute approximate surface area is 115 Å². The van der Waals surface area contributed by atoms with Crippen LogP contribution in [0.25, 0.3) is 11.3 Å². The summed E-state index contributed by atoms with van der Waals surface area (Å²) in [5, 5.41) is 3.30. The van der Waals surface area contributed by atoms with Crippen molar-refractivity contribution in [2.24, 2.45) is 0 Å². The number of benzene rings is 1. The third-order valence-electron chi connectivity index (χ3n) is 3.39. The second-order valence-corrected chi connectivity index (χ2v) is 5.21. The summed E-state index contributed by atoms with van der Waals surface area (Å²) in [5.41, 5.74) is 7.39. The second-order valence-electron chi connectivity index (χ2n) is 5.21. The van der Waals surface area contributed by atoms with Crippen molar-refractivity contribution in [3.8, 4) is 11.3 Å². The van der Waals surface area contributed by atoms with Gasteiger partial charge in [-0.05, 0) is 45.4 Å². The minimum atomic E-state index is 0.793. The van der Waals surface area contributed by atoms with Gasteiger partial charge in [-0.15, -0.1) is 0 Å². The SMILES string of the molecule is CCNCc1nc(-c2c(C)cc(C)cc2C)c(C)[nH]1. The highest BCUT2D eigenvalue weighted by atomic mass is 15.0. The third kappa shape index (κ3) is 2.87. The number of hydrogen-bond acceptors (Lipinski definition) is 2. The molecule has 2 N–H and O–H groups in total. The molecule has 0 spiro atoms. The maximum absolute atomic E-state index is 4.75. The Morgan fingerprint density at radius 1 is 1.11 bits per heavy atom. The lowest BCUT2D eigenvalue weighted by Crippen LogP contribution is -2.12. The largest absolute Gasteiger partial charge is 0.344 e. The van der Waals surface area contributed by atoms with Crippen molar-refractivity contribution in [3.05, 3.63) is 40.3 Å². The van der Waals surface area contributed by atoms with Crippen LogP contribution in [0, 0.1) is 27.7 Å². The summed E-state index contributed by atoms with van der Waals surface area (Å²) in [6, 6.07) is 4.45. The summed E-state index contributed by atoms with van der Waals surface area (Å²) in [4.78, 5) is 8.12. The molecular formula is C16H23N3. The number of imidazole rings is 1. The van der Waals surface area contributed by atoms with Gasteiger partial charge in [0, 0.05) is 11.3 Å². The fourth-order valence-corrected chi connectivity index (χ4v) is 2.65. The molecule has 0 unspecified atom stereocenters. The van der Waals surface area contributed by atoms with Crippen molar-refractivity contribution >= 4 is 0 Å². The van der Waals surface area contributed by atoms with Crippen molar-refractivity contribution in [2.45, 2.75) is 41.2 Å². The number of rotatable bonds is 4. The van der Waals surface area contributed by atoms with E-state index in [-0.39, 0.29) is 0 Å². The number of aryl methyl sites for hydroxylation is 4. The first-order valence-electron chi connectivity index (χ1n) is 6.87. The first kappa shape index (κ1) is 13.8. The smallest absolute Gasteiger partial charge is 0.121 e. The Morgan fingerprint density at radius 2 is 1.74 bits per heavy atom. The van der Waals surface area contributed by atoms with Gasteiger partial charge in [-0.3, -0.25) is 0 Å². The van der Waals surface area contributed by atoms with Gasteiger partial charge in [0.15, 0.2) is 0 Å². The van der Waals surface area contributed by atoms with E-state index in [0.717, 1.165) is 30.3 Å². The van der Waals surface area contributed by atoms with Gasteiger partial charge < -0.3 is 10.3 Å². The van der Waals surface area contributed by atoms with Crippen LogP contribution in [-0.4, -0.2) is 16.5 Å². The van der Waals surface area contributed by atoms with Gasteiger partial charge in [-0.25, -0.2) is 4.98 Å². The molecule has 1 aromatic carbocycles. The molecule has 0 aliphatic heterocycles. The lowest BCUT2D eigenvalue weighted by atomic mass is 9.96. The molecule has 19 heavy (non-hydrogen) atoms. The lowest BCUT2D eigenvalue weighted by molar-refractivity contribution is 0.697. The highest BCUT2D eigenvalue weighted by molar-refractivity contribution is 5.70. The molecular weight excluding hydrogens is 234 g/mol. The van der Waals surface area contributed by atoms with Crippen molar-refractivity contribution in [2.75, 3.05) is 6.54 Å². The molecule has 0 aliphatic carbocycles. The molecule has 2 aromatic rings. The van der Waals surface area contributed by atoms with Crippen LogP contribution >= 0.6 is 0 Å². The fourth-order valence-electron chi connectivity index (χ4n) is 2.65. The van der Waals surface area contributed by atoms with Gasteiger partial charge in [0.2, 0.25) is 0 Å². The Bertz CT molecular complexity index is 559. The van der Waals surface area contributed by atoms with Crippen molar-refractivity contribution in [1.82, 2.24) is 15.3 Å². The van der Waals surface area contributed by atoms with Crippen LogP contribution in [0.2, 0.25) is 0 Å². The molecule has 1 aromatic heterocycles. The average Bonchev–Trinajstić information content (AvgIpc) is 2.67. The molecule has 0 fully saturated rings. The molecule has 0 atom stereocenters. The van der Waals surface area contributed by atoms with E-state index in [1.807, 2.05) is 0 Å². The monoisotopic (exact) mass is 257 g/mol. The zero-order valence-corrected chi connectivity index (χ0v) is 12.5. The maximum Gasteiger partial charge on any atom is 0.121 e. The number of aromatic amines is 1. The van der Waals surface area contributed by atoms with Crippen LogP contribution < -0.4 is 5.32 Å². The molecule has 0 radical (unpaired) electrons. The molecule has 0 aliphatic rings. The topological polar surface area (TPSA) is 40.7 Å². The zero-order chi connectivity index (χ0) is 14.0. The van der Waals surface area contributed by atoms with Crippen molar-refractivity contribution in [3.63, 3.8) is 0 Å². The fraction of sp³-hybridized carbons (Fsp3) is 0.438. The van der Waals surface area contributed by atoms with E-state index in [1.54, 1.807) is 0 Å². The minimum absolute atomic E-state index is 0.793. The van der Waals surface area contributed by atoms with Crippen molar-refractivity contribution < 1.29 is 0 Å². The first-order valence-corrected chi connectivity index (χ1v) is 6.87. The van der Waals surface area contributed by atoms with E-state index in [2.05, 4.69) is 57.1 Å². The van der Waals surface area contributed by atoms with Crippen LogP contribution in [0.3, 0.4) is 0 Å². The summed E-state index contributed by atoms with van der Waals surface area (Å²) < 4.78 is 0. The van der Waals surface area contributed by atoms with Crippen LogP contribution in [-0.2, 0) is 6.54 Å². The number of nitrogens with one attached hydrogen (secondary N) is 2. The maximum atomic E-state index is 4.75. The van der Waals surface area contributed by atoms with Crippen molar-refractivity contribution in [1.29, 1.82) is 0 Å². The third-order valence-corrected chi connectivity index (χ3v) is 3.39. The van der Waals surface area contributed by atoms with Gasteiger partial charge in [-0.1, -0.05) is 24.6 Å². The number of nitrogens with zero attached hydrogens (tertiary/aromatic N) is 1. The summed E-state index contributed by atoms with van der Waals surface area (Å²) in [6.45, 7) is 12.4. The quantitative estimate of drug-likeness (QED) is 0.881. The van der Waals surface area contributed by atoms with Gasteiger partial charge in [-0.2, -0.15) is 0 Å². The predicted octanol–water partition coefficient (Wildman–Crippen LogP) is 3.42. The molecule has 2 rings (SSSR count). The molecule has 0 amide bonds. The highest BCUT2D eigenvalue weighted by Crippen LogP contribution is 2.29. The molecule has 0 saturated carbocycles. The average molecular weight is 257 g/mol. The van der Waals surface area contributed by atoms with Gasteiger partial charge >= 0.3 is 0 Å². The second kappa shape index (κ2) is 5.57. The number of aromatic nitrogens is 2. The summed E-state index contributed by atoms with van der Waals surface area (Å²) in [7, 11) is 0. The summed E-state index contributed by atoms with van der Waals surface area (Å²) in [6.07, 6.45) is 0. The first-order chi connectivity index (χ1) is 9.02. The lowest BCUT2D eigenvalue weighted by Gasteiger charge is -2.09. The predicted molar refractivity (Wildman–Crippen MR) is 80.4 cm³/mol.